The molecule has 0 atom stereocenters. The molecule has 0 aromatic carbocycles. The highest BCUT2D eigenvalue weighted by Gasteiger charge is 2.14. The zero-order valence-electron chi connectivity index (χ0n) is 13.9. The van der Waals surface area contributed by atoms with E-state index in [9.17, 15) is 9.59 Å². The molecule has 0 aliphatic heterocycles. The molecule has 0 aliphatic carbocycles. The maximum absolute atomic E-state index is 12.2. The Morgan fingerprint density at radius 2 is 1.57 bits per heavy atom. The molecule has 0 aromatic heterocycles. The van der Waals surface area contributed by atoms with Crippen LogP contribution in [0.15, 0.2) is 0 Å². The highest BCUT2D eigenvalue weighted by atomic mass is 16.5. The molecule has 0 N–H and O–H groups in total. The summed E-state index contributed by atoms with van der Waals surface area (Å²) >= 11 is 0. The van der Waals surface area contributed by atoms with Gasteiger partial charge in [-0.25, -0.2) is 0 Å². The molecule has 0 rings (SSSR count). The third kappa shape index (κ3) is 11.3. The smallest absolute Gasteiger partial charge is 0.307 e. The molecule has 0 fully saturated rings. The van der Waals surface area contributed by atoms with Crippen molar-refractivity contribution in [3.63, 3.8) is 0 Å². The molecule has 0 aromatic rings. The first-order valence-corrected chi connectivity index (χ1v) is 7.99. The lowest BCUT2D eigenvalue weighted by molar-refractivity contribution is -0.142. The first-order valence-electron chi connectivity index (χ1n) is 7.99. The van der Waals surface area contributed by atoms with Gasteiger partial charge >= 0.3 is 5.97 Å². The van der Waals surface area contributed by atoms with E-state index in [1.165, 1.54) is 32.8 Å². The van der Waals surface area contributed by atoms with Crippen LogP contribution in [0.25, 0.3) is 0 Å². The lowest BCUT2D eigenvalue weighted by atomic mass is 10.1. The predicted octanol–water partition coefficient (Wildman–Crippen LogP) is 2.78. The molecule has 5 nitrogen and oxygen atoms in total. The van der Waals surface area contributed by atoms with Crippen LogP contribution in [0.5, 0.6) is 0 Å². The van der Waals surface area contributed by atoms with Crippen molar-refractivity contribution in [1.29, 1.82) is 0 Å². The SMILES string of the molecule is CCCCCCCCC(=O)N(CCOC)CCC(=O)OC. The molecule has 0 bridgehead atoms. The fourth-order valence-electron chi connectivity index (χ4n) is 2.11. The summed E-state index contributed by atoms with van der Waals surface area (Å²) in [6.45, 7) is 3.62. The molecule has 0 unspecified atom stereocenters. The van der Waals surface area contributed by atoms with Gasteiger partial charge in [-0.15, -0.1) is 0 Å². The van der Waals surface area contributed by atoms with Gasteiger partial charge in [-0.1, -0.05) is 39.0 Å². The van der Waals surface area contributed by atoms with E-state index < -0.39 is 0 Å². The summed E-state index contributed by atoms with van der Waals surface area (Å²) in [5, 5.41) is 0. The fraction of sp³-hybridized carbons (Fsp3) is 0.875. The zero-order chi connectivity index (χ0) is 15.9. The van der Waals surface area contributed by atoms with E-state index in [0.29, 0.717) is 26.1 Å². The van der Waals surface area contributed by atoms with Crippen molar-refractivity contribution in [1.82, 2.24) is 4.90 Å². The molecule has 0 heterocycles. The maximum Gasteiger partial charge on any atom is 0.307 e. The van der Waals surface area contributed by atoms with E-state index in [0.717, 1.165) is 12.8 Å². The second-order valence-corrected chi connectivity index (χ2v) is 5.22. The van der Waals surface area contributed by atoms with Gasteiger partial charge in [0.2, 0.25) is 5.91 Å². The van der Waals surface area contributed by atoms with Gasteiger partial charge in [0.25, 0.3) is 0 Å². The van der Waals surface area contributed by atoms with Crippen LogP contribution in [0.4, 0.5) is 0 Å². The average molecular weight is 301 g/mol. The third-order valence-corrected chi connectivity index (χ3v) is 3.48. The van der Waals surface area contributed by atoms with Crippen molar-refractivity contribution in [2.75, 3.05) is 33.9 Å². The van der Waals surface area contributed by atoms with Crippen molar-refractivity contribution in [3.05, 3.63) is 0 Å². The van der Waals surface area contributed by atoms with E-state index in [2.05, 4.69) is 11.7 Å². The van der Waals surface area contributed by atoms with Crippen molar-refractivity contribution < 1.29 is 19.1 Å². The van der Waals surface area contributed by atoms with Gasteiger partial charge < -0.3 is 14.4 Å². The molecule has 0 saturated heterocycles. The number of methoxy groups -OCH3 is 2. The number of esters is 1. The minimum Gasteiger partial charge on any atom is -0.469 e. The fourth-order valence-corrected chi connectivity index (χ4v) is 2.11. The van der Waals surface area contributed by atoms with Crippen molar-refractivity contribution >= 4 is 11.9 Å². The topological polar surface area (TPSA) is 55.8 Å². The monoisotopic (exact) mass is 301 g/mol. The Morgan fingerprint density at radius 3 is 2.19 bits per heavy atom. The van der Waals surface area contributed by atoms with Crippen LogP contribution in [0.1, 0.15) is 58.3 Å². The van der Waals surface area contributed by atoms with Gasteiger partial charge in [0.05, 0.1) is 20.1 Å². The molecular formula is C16H31NO4. The minimum absolute atomic E-state index is 0.103. The number of amides is 1. The molecule has 21 heavy (non-hydrogen) atoms. The molecule has 1 amide bonds. The second-order valence-electron chi connectivity index (χ2n) is 5.22. The Hall–Kier alpha value is -1.10. The van der Waals surface area contributed by atoms with Crippen LogP contribution < -0.4 is 0 Å². The lowest BCUT2D eigenvalue weighted by Crippen LogP contribution is -2.35. The number of unbranched alkanes of at least 4 members (excludes halogenated alkanes) is 5. The maximum atomic E-state index is 12.2. The van der Waals surface area contributed by atoms with Crippen LogP contribution in [-0.2, 0) is 19.1 Å². The van der Waals surface area contributed by atoms with Gasteiger partial charge in [0.1, 0.15) is 0 Å². The minimum atomic E-state index is -0.287. The molecule has 0 radical (unpaired) electrons. The van der Waals surface area contributed by atoms with E-state index in [-0.39, 0.29) is 18.3 Å². The molecule has 0 aliphatic rings. The Balaban J connectivity index is 3.97. The van der Waals surface area contributed by atoms with Crippen molar-refractivity contribution in [3.8, 4) is 0 Å². The standard InChI is InChI=1S/C16H31NO4/c1-4-5-6-7-8-9-10-15(18)17(13-14-20-2)12-11-16(19)21-3/h4-14H2,1-3H3. The normalized spacial score (nSPS) is 10.4. The quantitative estimate of drug-likeness (QED) is 0.388. The van der Waals surface area contributed by atoms with Gasteiger partial charge in [-0.2, -0.15) is 0 Å². The lowest BCUT2D eigenvalue weighted by Gasteiger charge is -2.22. The van der Waals surface area contributed by atoms with Crippen LogP contribution >= 0.6 is 0 Å². The average Bonchev–Trinajstić information content (AvgIpc) is 2.50. The van der Waals surface area contributed by atoms with Gasteiger partial charge in [0.15, 0.2) is 0 Å². The summed E-state index contributed by atoms with van der Waals surface area (Å²) < 4.78 is 9.63. The summed E-state index contributed by atoms with van der Waals surface area (Å²) in [5.74, 6) is -0.184. The molecule has 124 valence electrons. The predicted molar refractivity (Wildman–Crippen MR) is 83.1 cm³/mol. The number of ether oxygens (including phenoxy) is 2. The van der Waals surface area contributed by atoms with Crippen molar-refractivity contribution in [2.24, 2.45) is 0 Å². The van der Waals surface area contributed by atoms with E-state index in [1.54, 1.807) is 12.0 Å². The summed E-state index contributed by atoms with van der Waals surface area (Å²) in [6.07, 6.45) is 7.76. The number of rotatable bonds is 13. The Morgan fingerprint density at radius 1 is 0.905 bits per heavy atom. The molecule has 0 spiro atoms. The summed E-state index contributed by atoms with van der Waals surface area (Å²) in [6, 6.07) is 0. The largest absolute Gasteiger partial charge is 0.469 e. The number of carbonyl (C=O) groups excluding carboxylic acids is 2. The van der Waals surface area contributed by atoms with Crippen LogP contribution in [-0.4, -0.2) is 50.7 Å². The highest BCUT2D eigenvalue weighted by molar-refractivity contribution is 5.77. The number of hydrogen-bond donors (Lipinski definition) is 0. The Bertz CT molecular complexity index is 281. The van der Waals surface area contributed by atoms with Gasteiger partial charge in [-0.3, -0.25) is 9.59 Å². The number of hydrogen-bond acceptors (Lipinski definition) is 4. The van der Waals surface area contributed by atoms with E-state index >= 15 is 0 Å². The van der Waals surface area contributed by atoms with Crippen LogP contribution in [0, 0.1) is 0 Å². The third-order valence-electron chi connectivity index (χ3n) is 3.48. The summed E-state index contributed by atoms with van der Waals surface area (Å²) in [5.41, 5.74) is 0. The van der Waals surface area contributed by atoms with E-state index in [4.69, 9.17) is 4.74 Å². The number of nitrogens with zero attached hydrogens (tertiary/aromatic N) is 1. The first kappa shape index (κ1) is 19.9. The Labute approximate surface area is 129 Å². The molecule has 5 heteroatoms. The van der Waals surface area contributed by atoms with Crippen LogP contribution in [0.3, 0.4) is 0 Å². The summed E-state index contributed by atoms with van der Waals surface area (Å²) in [4.78, 5) is 25.0. The molecule has 0 saturated carbocycles. The van der Waals surface area contributed by atoms with Gasteiger partial charge in [0, 0.05) is 26.6 Å². The van der Waals surface area contributed by atoms with Crippen LogP contribution in [0.2, 0.25) is 0 Å². The second kappa shape index (κ2) is 13.9. The van der Waals surface area contributed by atoms with Crippen molar-refractivity contribution in [2.45, 2.75) is 58.3 Å². The van der Waals surface area contributed by atoms with E-state index in [1.807, 2.05) is 0 Å². The highest BCUT2D eigenvalue weighted by Crippen LogP contribution is 2.09. The van der Waals surface area contributed by atoms with Gasteiger partial charge in [-0.05, 0) is 6.42 Å². The first-order chi connectivity index (χ1) is 10.2. The summed E-state index contributed by atoms with van der Waals surface area (Å²) in [7, 11) is 2.97. The number of carbonyl (C=O) groups is 2. The Kier molecular flexibility index (Phi) is 13.1. The molecular weight excluding hydrogens is 270 g/mol. The zero-order valence-corrected chi connectivity index (χ0v) is 13.9.